The quantitative estimate of drug-likeness (QED) is 0.857. The normalized spacial score (nSPS) is 10.2. The van der Waals surface area contributed by atoms with Gasteiger partial charge in [-0.15, -0.1) is 0 Å². The van der Waals surface area contributed by atoms with Crippen LogP contribution in [-0.2, 0) is 17.9 Å². The van der Waals surface area contributed by atoms with Crippen LogP contribution in [0.3, 0.4) is 0 Å². The highest BCUT2D eigenvalue weighted by atomic mass is 16.4. The maximum Gasteiger partial charge on any atom is 0.323 e. The molecule has 0 bridgehead atoms. The molecule has 6 nitrogen and oxygen atoms in total. The van der Waals surface area contributed by atoms with Gasteiger partial charge >= 0.3 is 5.97 Å². The highest BCUT2D eigenvalue weighted by Gasteiger charge is 2.12. The third kappa shape index (κ3) is 3.44. The highest BCUT2D eigenvalue weighted by molar-refractivity contribution is 5.93. The van der Waals surface area contributed by atoms with Crippen molar-refractivity contribution in [3.8, 4) is 0 Å². The molecule has 0 aliphatic heterocycles. The maximum absolute atomic E-state index is 12.0. The molecule has 0 atom stereocenters. The summed E-state index contributed by atoms with van der Waals surface area (Å²) < 4.78 is 1.39. The van der Waals surface area contributed by atoms with Crippen molar-refractivity contribution in [2.45, 2.75) is 20.0 Å². The standard InChI is InChI=1S/C14H15N3O3/c1-10-4-5-11(7-15-10)8-16-14(20)12-3-2-6-17(12)9-13(18)19/h2-7H,8-9H2,1H3,(H,16,20)(H,18,19). The fourth-order valence-electron chi connectivity index (χ4n) is 1.78. The molecule has 0 aliphatic rings. The number of hydrogen-bond donors (Lipinski definition) is 2. The second kappa shape index (κ2) is 6.01. The van der Waals surface area contributed by atoms with Gasteiger partial charge in [-0.3, -0.25) is 14.6 Å². The Hall–Kier alpha value is -2.63. The van der Waals surface area contributed by atoms with Crippen molar-refractivity contribution in [2.75, 3.05) is 0 Å². The molecule has 0 unspecified atom stereocenters. The lowest BCUT2D eigenvalue weighted by Crippen LogP contribution is -2.26. The second-order valence-electron chi connectivity index (χ2n) is 4.41. The lowest BCUT2D eigenvalue weighted by molar-refractivity contribution is -0.137. The minimum atomic E-state index is -0.988. The van der Waals surface area contributed by atoms with Crippen LogP contribution in [0.25, 0.3) is 0 Å². The van der Waals surface area contributed by atoms with Crippen LogP contribution in [0.15, 0.2) is 36.7 Å². The predicted octanol–water partition coefficient (Wildman–Crippen LogP) is 1.21. The summed E-state index contributed by atoms with van der Waals surface area (Å²) in [5.41, 5.74) is 2.13. The van der Waals surface area contributed by atoms with Crippen molar-refractivity contribution in [2.24, 2.45) is 0 Å². The summed E-state index contributed by atoms with van der Waals surface area (Å²) in [5.74, 6) is -1.30. The van der Waals surface area contributed by atoms with Crippen LogP contribution >= 0.6 is 0 Å². The van der Waals surface area contributed by atoms with Crippen molar-refractivity contribution >= 4 is 11.9 Å². The van der Waals surface area contributed by atoms with Gasteiger partial charge in [0.2, 0.25) is 0 Å². The molecule has 2 aromatic heterocycles. The Morgan fingerprint density at radius 1 is 1.35 bits per heavy atom. The first kappa shape index (κ1) is 13.8. The predicted molar refractivity (Wildman–Crippen MR) is 72.2 cm³/mol. The third-order valence-corrected chi connectivity index (χ3v) is 2.79. The molecule has 2 N–H and O–H groups in total. The van der Waals surface area contributed by atoms with Crippen molar-refractivity contribution in [3.05, 3.63) is 53.6 Å². The number of carbonyl (C=O) groups excluding carboxylic acids is 1. The van der Waals surface area contributed by atoms with Crippen LogP contribution < -0.4 is 5.32 Å². The molecule has 0 aliphatic carbocycles. The van der Waals surface area contributed by atoms with E-state index >= 15 is 0 Å². The van der Waals surface area contributed by atoms with Gasteiger partial charge in [-0.2, -0.15) is 0 Å². The van der Waals surface area contributed by atoms with Crippen molar-refractivity contribution < 1.29 is 14.7 Å². The number of pyridine rings is 1. The Kier molecular flexibility index (Phi) is 4.14. The van der Waals surface area contributed by atoms with E-state index in [9.17, 15) is 9.59 Å². The molecule has 0 saturated carbocycles. The van der Waals surface area contributed by atoms with Gasteiger partial charge in [0.25, 0.3) is 5.91 Å². The van der Waals surface area contributed by atoms with E-state index in [1.165, 1.54) is 4.57 Å². The number of hydrogen-bond acceptors (Lipinski definition) is 3. The molecule has 2 rings (SSSR count). The lowest BCUT2D eigenvalue weighted by atomic mass is 10.2. The van der Waals surface area contributed by atoms with E-state index in [1.54, 1.807) is 24.5 Å². The summed E-state index contributed by atoms with van der Waals surface area (Å²) in [6, 6.07) is 6.99. The zero-order valence-corrected chi connectivity index (χ0v) is 11.0. The van der Waals surface area contributed by atoms with Crippen LogP contribution in [-0.4, -0.2) is 26.5 Å². The summed E-state index contributed by atoms with van der Waals surface area (Å²) in [7, 11) is 0. The average Bonchev–Trinajstić information content (AvgIpc) is 2.85. The van der Waals surface area contributed by atoms with E-state index in [1.807, 2.05) is 19.1 Å². The summed E-state index contributed by atoms with van der Waals surface area (Å²) in [6.45, 7) is 2.01. The average molecular weight is 273 g/mol. The SMILES string of the molecule is Cc1ccc(CNC(=O)c2cccn2CC(=O)O)cn1. The number of amides is 1. The van der Waals surface area contributed by atoms with Crippen molar-refractivity contribution in [1.82, 2.24) is 14.9 Å². The van der Waals surface area contributed by atoms with Gasteiger partial charge in [0, 0.05) is 24.6 Å². The molecule has 2 heterocycles. The molecule has 20 heavy (non-hydrogen) atoms. The Morgan fingerprint density at radius 2 is 2.15 bits per heavy atom. The number of carboxylic acids is 1. The number of aliphatic carboxylic acids is 1. The highest BCUT2D eigenvalue weighted by Crippen LogP contribution is 2.04. The molecule has 0 saturated heterocycles. The number of rotatable bonds is 5. The Bertz CT molecular complexity index is 617. The van der Waals surface area contributed by atoms with Gasteiger partial charge in [-0.05, 0) is 30.7 Å². The van der Waals surface area contributed by atoms with Gasteiger partial charge < -0.3 is 15.0 Å². The second-order valence-corrected chi connectivity index (χ2v) is 4.41. The molecule has 104 valence electrons. The number of aromatic nitrogens is 2. The van der Waals surface area contributed by atoms with Crippen LogP contribution in [0.5, 0.6) is 0 Å². The van der Waals surface area contributed by atoms with E-state index in [4.69, 9.17) is 5.11 Å². The van der Waals surface area contributed by atoms with E-state index in [0.717, 1.165) is 11.3 Å². The summed E-state index contributed by atoms with van der Waals surface area (Å²) in [5, 5.41) is 11.5. The number of nitrogens with zero attached hydrogens (tertiary/aromatic N) is 2. The van der Waals surface area contributed by atoms with Crippen molar-refractivity contribution in [3.63, 3.8) is 0 Å². The molecule has 2 aromatic rings. The molecule has 0 spiro atoms. The van der Waals surface area contributed by atoms with E-state index < -0.39 is 5.97 Å². The van der Waals surface area contributed by atoms with Gasteiger partial charge in [0.05, 0.1) is 0 Å². The Labute approximate surface area is 116 Å². The molecule has 0 radical (unpaired) electrons. The Balaban J connectivity index is 2.00. The summed E-state index contributed by atoms with van der Waals surface area (Å²) in [6.07, 6.45) is 3.27. The number of carbonyl (C=O) groups is 2. The Morgan fingerprint density at radius 3 is 2.80 bits per heavy atom. The molecule has 0 aromatic carbocycles. The largest absolute Gasteiger partial charge is 0.480 e. The van der Waals surface area contributed by atoms with E-state index in [-0.39, 0.29) is 12.5 Å². The van der Waals surface area contributed by atoms with E-state index in [0.29, 0.717) is 12.2 Å². The smallest absolute Gasteiger partial charge is 0.323 e. The van der Waals surface area contributed by atoms with Crippen molar-refractivity contribution in [1.29, 1.82) is 0 Å². The minimum Gasteiger partial charge on any atom is -0.480 e. The number of carboxylic acid groups (broad SMARTS) is 1. The third-order valence-electron chi connectivity index (χ3n) is 2.79. The van der Waals surface area contributed by atoms with Crippen LogP contribution in [0.2, 0.25) is 0 Å². The minimum absolute atomic E-state index is 0.234. The molecular weight excluding hydrogens is 258 g/mol. The van der Waals surface area contributed by atoms with Crippen LogP contribution in [0.1, 0.15) is 21.7 Å². The first-order valence-electron chi connectivity index (χ1n) is 6.13. The summed E-state index contributed by atoms with van der Waals surface area (Å²) in [4.78, 5) is 26.8. The first-order valence-corrected chi connectivity index (χ1v) is 6.13. The molecular formula is C14H15N3O3. The van der Waals surface area contributed by atoms with Gasteiger partial charge in [-0.1, -0.05) is 6.07 Å². The molecule has 0 fully saturated rings. The monoisotopic (exact) mass is 273 g/mol. The van der Waals surface area contributed by atoms with Crippen LogP contribution in [0.4, 0.5) is 0 Å². The van der Waals surface area contributed by atoms with Gasteiger partial charge in [0.1, 0.15) is 12.2 Å². The fourth-order valence-corrected chi connectivity index (χ4v) is 1.78. The number of nitrogens with one attached hydrogen (secondary N) is 1. The lowest BCUT2D eigenvalue weighted by Gasteiger charge is -2.08. The van der Waals surface area contributed by atoms with Gasteiger partial charge in [0.15, 0.2) is 0 Å². The molecule has 1 amide bonds. The topological polar surface area (TPSA) is 84.2 Å². The molecule has 6 heteroatoms. The summed E-state index contributed by atoms with van der Waals surface area (Å²) >= 11 is 0. The zero-order chi connectivity index (χ0) is 14.5. The number of aryl methyl sites for hydroxylation is 1. The van der Waals surface area contributed by atoms with Crippen LogP contribution in [0, 0.1) is 6.92 Å². The fraction of sp³-hybridized carbons (Fsp3) is 0.214. The van der Waals surface area contributed by atoms with E-state index in [2.05, 4.69) is 10.3 Å². The zero-order valence-electron chi connectivity index (χ0n) is 11.0. The van der Waals surface area contributed by atoms with Gasteiger partial charge in [-0.25, -0.2) is 0 Å². The maximum atomic E-state index is 12.0. The first-order chi connectivity index (χ1) is 9.56.